The van der Waals surface area contributed by atoms with Crippen molar-refractivity contribution in [2.24, 2.45) is 51.0 Å². The van der Waals surface area contributed by atoms with E-state index >= 15 is 0 Å². The molecule has 5 rings (SSSR count). The number of amides is 1. The standard InChI is InChI=1S/C36H56N4O9/c1-34-14-12-23(49-29(43)9-5-3-4-8-28(42)40-26(32(45)46)7-6-16-39-33(37)38)18-22(34)10-11-25-31(34)27(41)19-35(2)24(13-15-36(25,35)47)21-17-30(44)48-20-21/h17,22-27,31,41,47H,3-16,18-20H2,1-2H3,(H,40,42)(H,45,46)(H4,37,38,39)/t22-,23+,24-,25-,26+,27-,31-,34+,35-,36+/m1/s1. The van der Waals surface area contributed by atoms with Crippen LogP contribution in [0, 0.1) is 34.5 Å². The highest BCUT2D eigenvalue weighted by atomic mass is 16.5. The van der Waals surface area contributed by atoms with Crippen LogP contribution in [0.3, 0.4) is 0 Å². The van der Waals surface area contributed by atoms with Crippen molar-refractivity contribution in [1.82, 2.24) is 5.32 Å². The van der Waals surface area contributed by atoms with Crippen LogP contribution in [0.15, 0.2) is 16.6 Å². The lowest BCUT2D eigenvalue weighted by atomic mass is 9.42. The molecule has 0 spiro atoms. The maximum Gasteiger partial charge on any atom is 0.331 e. The number of hydrogen-bond donors (Lipinski definition) is 6. The molecule has 5 aliphatic rings. The first-order valence-electron chi connectivity index (χ1n) is 18.2. The molecule has 274 valence electrons. The number of rotatable bonds is 14. The number of unbranched alkanes of at least 4 members (excludes halogenated alkanes) is 2. The third-order valence-electron chi connectivity index (χ3n) is 13.0. The van der Waals surface area contributed by atoms with Gasteiger partial charge in [0, 0.05) is 30.9 Å². The highest BCUT2D eigenvalue weighted by Gasteiger charge is 2.70. The van der Waals surface area contributed by atoms with E-state index in [0.29, 0.717) is 38.5 Å². The van der Waals surface area contributed by atoms with Crippen molar-refractivity contribution in [2.75, 3.05) is 13.2 Å². The number of carbonyl (C=O) groups is 4. The second kappa shape index (κ2) is 15.0. The number of cyclic esters (lactones) is 1. The van der Waals surface area contributed by atoms with Crippen LogP contribution in [0.1, 0.15) is 110 Å². The van der Waals surface area contributed by atoms with Crippen LogP contribution in [-0.2, 0) is 28.7 Å². The summed E-state index contributed by atoms with van der Waals surface area (Å²) in [6.07, 6.45) is 9.60. The molecule has 0 radical (unpaired) electrons. The molecule has 8 N–H and O–H groups in total. The van der Waals surface area contributed by atoms with Crippen molar-refractivity contribution >= 4 is 29.8 Å². The van der Waals surface area contributed by atoms with Gasteiger partial charge < -0.3 is 41.6 Å². The first-order valence-corrected chi connectivity index (χ1v) is 18.2. The minimum atomic E-state index is -1.11. The molecule has 1 amide bonds. The van der Waals surface area contributed by atoms with Gasteiger partial charge in [-0.2, -0.15) is 0 Å². The number of hydrogen-bond acceptors (Lipinski definition) is 9. The number of aliphatic carboxylic acids is 1. The van der Waals surface area contributed by atoms with Crippen LogP contribution in [0.2, 0.25) is 0 Å². The Hall–Kier alpha value is -3.19. The zero-order chi connectivity index (χ0) is 35.6. The minimum Gasteiger partial charge on any atom is -0.480 e. The van der Waals surface area contributed by atoms with Crippen LogP contribution in [0.5, 0.6) is 0 Å². The predicted molar refractivity (Wildman–Crippen MR) is 180 cm³/mol. The van der Waals surface area contributed by atoms with Gasteiger partial charge in [0.1, 0.15) is 18.8 Å². The van der Waals surface area contributed by atoms with Crippen molar-refractivity contribution in [3.05, 3.63) is 11.6 Å². The molecular formula is C36H56N4O9. The van der Waals surface area contributed by atoms with Crippen LogP contribution in [0.4, 0.5) is 0 Å². The van der Waals surface area contributed by atoms with Crippen molar-refractivity contribution in [2.45, 2.75) is 134 Å². The third kappa shape index (κ3) is 7.62. The quantitative estimate of drug-likeness (QED) is 0.0673. The number of aliphatic hydroxyl groups excluding tert-OH is 1. The van der Waals surface area contributed by atoms with E-state index in [-0.39, 0.29) is 91.4 Å². The summed E-state index contributed by atoms with van der Waals surface area (Å²) < 4.78 is 11.2. The zero-order valence-corrected chi connectivity index (χ0v) is 29.0. The van der Waals surface area contributed by atoms with Gasteiger partial charge in [-0.25, -0.2) is 9.59 Å². The van der Waals surface area contributed by atoms with Crippen LogP contribution < -0.4 is 16.8 Å². The first-order chi connectivity index (χ1) is 23.2. The van der Waals surface area contributed by atoms with Gasteiger partial charge >= 0.3 is 17.9 Å². The summed E-state index contributed by atoms with van der Waals surface area (Å²) in [6.45, 7) is 4.93. The molecule has 0 aromatic rings. The van der Waals surface area contributed by atoms with E-state index < -0.39 is 29.1 Å². The fraction of sp³-hybridized carbons (Fsp3) is 0.806. The Bertz CT molecular complexity index is 1330. The summed E-state index contributed by atoms with van der Waals surface area (Å²) in [7, 11) is 0. The molecule has 4 fully saturated rings. The Morgan fingerprint density at radius 3 is 2.53 bits per heavy atom. The topological polar surface area (TPSA) is 224 Å². The summed E-state index contributed by atoms with van der Waals surface area (Å²) in [6, 6.07) is -1.01. The Balaban J connectivity index is 1.05. The van der Waals surface area contributed by atoms with Gasteiger partial charge in [0.25, 0.3) is 0 Å². The molecule has 13 heteroatoms. The fourth-order valence-electron chi connectivity index (χ4n) is 10.6. The van der Waals surface area contributed by atoms with Gasteiger partial charge in [-0.05, 0) is 112 Å². The lowest BCUT2D eigenvalue weighted by molar-refractivity contribution is -0.243. The Morgan fingerprint density at radius 1 is 1.08 bits per heavy atom. The number of guanidine groups is 1. The number of carboxylic acid groups (broad SMARTS) is 1. The van der Waals surface area contributed by atoms with E-state index in [1.54, 1.807) is 6.08 Å². The Morgan fingerprint density at radius 2 is 1.84 bits per heavy atom. The largest absolute Gasteiger partial charge is 0.480 e. The number of esters is 2. The number of nitrogens with one attached hydrogen (secondary N) is 1. The lowest BCUT2D eigenvalue weighted by Crippen LogP contribution is -2.66. The number of aliphatic imine (C=N–C) groups is 1. The SMILES string of the molecule is C[C@]12CC[C@H](OC(=O)CCCCCC(=O)N[C@@H](CCCN=C(N)N)C(=O)O)C[C@H]1CC[C@@H]1[C@@H]2[C@H](O)C[C@]2(C)[C@@H](C3=CC(=O)OC3)CC[C@]12O. The molecule has 49 heavy (non-hydrogen) atoms. The summed E-state index contributed by atoms with van der Waals surface area (Å²) in [5.74, 6) is -1.86. The normalized spacial score (nSPS) is 37.1. The first kappa shape index (κ1) is 37.1. The molecule has 13 nitrogen and oxygen atoms in total. The van der Waals surface area contributed by atoms with E-state index in [9.17, 15) is 34.5 Å². The van der Waals surface area contributed by atoms with Crippen molar-refractivity contribution in [3.63, 3.8) is 0 Å². The van der Waals surface area contributed by atoms with Gasteiger partial charge in [-0.1, -0.05) is 20.3 Å². The van der Waals surface area contributed by atoms with Crippen LogP contribution in [0.25, 0.3) is 0 Å². The highest BCUT2D eigenvalue weighted by Crippen LogP contribution is 2.70. The van der Waals surface area contributed by atoms with E-state index in [1.165, 1.54) is 0 Å². The molecule has 4 aliphatic carbocycles. The lowest BCUT2D eigenvalue weighted by Gasteiger charge is -2.65. The minimum absolute atomic E-state index is 0.0142. The number of carboxylic acids is 1. The second-order valence-corrected chi connectivity index (χ2v) is 15.8. The summed E-state index contributed by atoms with van der Waals surface area (Å²) in [4.78, 5) is 52.2. The zero-order valence-electron chi connectivity index (χ0n) is 29.0. The van der Waals surface area contributed by atoms with Crippen LogP contribution >= 0.6 is 0 Å². The number of fused-ring (bicyclic) bond motifs is 5. The van der Waals surface area contributed by atoms with Crippen molar-refractivity contribution in [1.29, 1.82) is 0 Å². The van der Waals surface area contributed by atoms with Crippen LogP contribution in [-0.4, -0.2) is 82.1 Å². The predicted octanol–water partition coefficient (Wildman–Crippen LogP) is 2.70. The van der Waals surface area contributed by atoms with Gasteiger partial charge in [0.2, 0.25) is 5.91 Å². The van der Waals surface area contributed by atoms with Gasteiger partial charge in [0.15, 0.2) is 5.96 Å². The average molecular weight is 689 g/mol. The van der Waals surface area contributed by atoms with Gasteiger partial charge in [-0.15, -0.1) is 0 Å². The molecule has 0 saturated heterocycles. The monoisotopic (exact) mass is 688 g/mol. The molecule has 0 aromatic heterocycles. The summed E-state index contributed by atoms with van der Waals surface area (Å²) >= 11 is 0. The smallest absolute Gasteiger partial charge is 0.331 e. The number of nitrogens with zero attached hydrogens (tertiary/aromatic N) is 1. The summed E-state index contributed by atoms with van der Waals surface area (Å²) in [5.41, 5.74) is 9.88. The second-order valence-electron chi connectivity index (χ2n) is 15.8. The highest BCUT2D eigenvalue weighted by molar-refractivity contribution is 5.85. The van der Waals surface area contributed by atoms with Gasteiger partial charge in [-0.3, -0.25) is 14.6 Å². The number of nitrogens with two attached hydrogens (primary N) is 2. The number of aliphatic hydroxyl groups is 2. The maximum atomic E-state index is 12.8. The molecule has 1 aliphatic heterocycles. The Labute approximate surface area is 288 Å². The van der Waals surface area contributed by atoms with E-state index in [0.717, 1.165) is 44.1 Å². The molecular weight excluding hydrogens is 632 g/mol. The van der Waals surface area contributed by atoms with Crippen molar-refractivity contribution in [3.8, 4) is 0 Å². The molecule has 10 atom stereocenters. The molecule has 4 saturated carbocycles. The van der Waals surface area contributed by atoms with E-state index in [2.05, 4.69) is 24.2 Å². The van der Waals surface area contributed by atoms with E-state index in [4.69, 9.17) is 20.9 Å². The van der Waals surface area contributed by atoms with E-state index in [1.807, 2.05) is 0 Å². The summed E-state index contributed by atoms with van der Waals surface area (Å²) in [5, 5.41) is 36.2. The fourth-order valence-corrected chi connectivity index (χ4v) is 10.6. The third-order valence-corrected chi connectivity index (χ3v) is 13.0. The molecule has 0 bridgehead atoms. The Kier molecular flexibility index (Phi) is 11.3. The van der Waals surface area contributed by atoms with Gasteiger partial charge in [0.05, 0.1) is 11.7 Å². The molecule has 1 heterocycles. The molecule has 0 aromatic carbocycles. The maximum absolute atomic E-state index is 12.8. The van der Waals surface area contributed by atoms with Crippen molar-refractivity contribution < 1.29 is 44.0 Å². The number of carbonyl (C=O) groups excluding carboxylic acids is 3. The molecule has 0 unspecified atom stereocenters. The number of ether oxygens (including phenoxy) is 2. The average Bonchev–Trinajstić information content (AvgIpc) is 3.57.